The smallest absolute Gasteiger partial charge is 0.226 e. The molecule has 4 nitrogen and oxygen atoms in total. The molecule has 2 amide bonds. The van der Waals surface area contributed by atoms with E-state index in [2.05, 4.69) is 26.1 Å². The highest BCUT2D eigenvalue weighted by Crippen LogP contribution is 2.32. The molecule has 0 fully saturated rings. The summed E-state index contributed by atoms with van der Waals surface area (Å²) in [5, 5.41) is 2.66. The van der Waals surface area contributed by atoms with Gasteiger partial charge < -0.3 is 10.2 Å². The number of benzene rings is 2. The fraction of sp³-hybridized carbons (Fsp3) is 0.333. The Morgan fingerprint density at radius 3 is 2.38 bits per heavy atom. The van der Waals surface area contributed by atoms with Gasteiger partial charge in [-0.25, -0.2) is 4.39 Å². The zero-order valence-electron chi connectivity index (χ0n) is 15.7. The zero-order valence-corrected chi connectivity index (χ0v) is 15.7. The fourth-order valence-electron chi connectivity index (χ4n) is 2.79. The van der Waals surface area contributed by atoms with Crippen molar-refractivity contribution in [2.45, 2.75) is 39.5 Å². The summed E-state index contributed by atoms with van der Waals surface area (Å²) in [7, 11) is 0. The second-order valence-corrected chi connectivity index (χ2v) is 7.25. The number of amides is 2. The molecule has 0 aromatic heterocycles. The van der Waals surface area contributed by atoms with Crippen molar-refractivity contribution < 1.29 is 14.0 Å². The quantitative estimate of drug-likeness (QED) is 0.857. The summed E-state index contributed by atoms with van der Waals surface area (Å²) in [4.78, 5) is 26.0. The van der Waals surface area contributed by atoms with Crippen molar-refractivity contribution in [1.82, 2.24) is 0 Å². The van der Waals surface area contributed by atoms with Gasteiger partial charge >= 0.3 is 0 Å². The van der Waals surface area contributed by atoms with E-state index in [-0.39, 0.29) is 30.2 Å². The molecule has 0 aliphatic rings. The zero-order chi connectivity index (χ0) is 19.3. The summed E-state index contributed by atoms with van der Waals surface area (Å²) in [6, 6.07) is 13.5. The van der Waals surface area contributed by atoms with Crippen LogP contribution in [0.5, 0.6) is 0 Å². The molecule has 0 aliphatic carbocycles. The van der Waals surface area contributed by atoms with E-state index < -0.39 is 5.82 Å². The SMILES string of the molecule is CC(=O)N(CCC(=O)Nc1cccc(F)c1)c1ccccc1C(C)(C)C. The Morgan fingerprint density at radius 1 is 1.08 bits per heavy atom. The molecule has 0 unspecified atom stereocenters. The predicted molar refractivity (Wildman–Crippen MR) is 103 cm³/mol. The monoisotopic (exact) mass is 356 g/mol. The van der Waals surface area contributed by atoms with E-state index in [0.717, 1.165) is 11.3 Å². The molecule has 0 atom stereocenters. The standard InChI is InChI=1S/C21H25FN2O2/c1-15(25)24(19-11-6-5-10-18(19)21(2,3)4)13-12-20(26)23-17-9-7-8-16(22)14-17/h5-11,14H,12-13H2,1-4H3,(H,23,26). The van der Waals surface area contributed by atoms with Gasteiger partial charge in [0.1, 0.15) is 5.82 Å². The van der Waals surface area contributed by atoms with Crippen LogP contribution < -0.4 is 10.2 Å². The Morgan fingerprint density at radius 2 is 1.77 bits per heavy atom. The third kappa shape index (κ3) is 5.15. The van der Waals surface area contributed by atoms with Crippen LogP contribution in [0.2, 0.25) is 0 Å². The van der Waals surface area contributed by atoms with Gasteiger partial charge in [0, 0.05) is 31.3 Å². The normalized spacial score (nSPS) is 11.1. The van der Waals surface area contributed by atoms with Gasteiger partial charge in [0.05, 0.1) is 0 Å². The first-order valence-electron chi connectivity index (χ1n) is 8.61. The largest absolute Gasteiger partial charge is 0.326 e. The van der Waals surface area contributed by atoms with Crippen LogP contribution in [0.4, 0.5) is 15.8 Å². The summed E-state index contributed by atoms with van der Waals surface area (Å²) in [5.74, 6) is -0.803. The Kier molecular flexibility index (Phi) is 6.14. The second-order valence-electron chi connectivity index (χ2n) is 7.25. The molecule has 138 valence electrons. The summed E-state index contributed by atoms with van der Waals surface area (Å²) < 4.78 is 13.2. The number of para-hydroxylation sites is 1. The Labute approximate surface area is 154 Å². The van der Waals surface area contributed by atoms with Crippen molar-refractivity contribution in [3.05, 3.63) is 59.9 Å². The maximum atomic E-state index is 13.2. The number of hydrogen-bond donors (Lipinski definition) is 1. The number of hydrogen-bond acceptors (Lipinski definition) is 2. The average molecular weight is 356 g/mol. The Hall–Kier alpha value is -2.69. The van der Waals surface area contributed by atoms with E-state index in [0.29, 0.717) is 5.69 Å². The van der Waals surface area contributed by atoms with Crippen LogP contribution in [-0.2, 0) is 15.0 Å². The molecule has 0 spiro atoms. The molecule has 5 heteroatoms. The van der Waals surface area contributed by atoms with Gasteiger partial charge in [-0.2, -0.15) is 0 Å². The summed E-state index contributed by atoms with van der Waals surface area (Å²) >= 11 is 0. The van der Waals surface area contributed by atoms with Crippen molar-refractivity contribution in [3.8, 4) is 0 Å². The number of nitrogens with zero attached hydrogens (tertiary/aromatic N) is 1. The highest BCUT2D eigenvalue weighted by molar-refractivity contribution is 5.95. The van der Waals surface area contributed by atoms with Crippen LogP contribution in [0, 0.1) is 5.82 Å². The summed E-state index contributed by atoms with van der Waals surface area (Å²) in [6.07, 6.45) is 0.120. The highest BCUT2D eigenvalue weighted by atomic mass is 19.1. The molecule has 2 aromatic rings. The lowest BCUT2D eigenvalue weighted by Crippen LogP contribution is -2.34. The molecule has 0 aliphatic heterocycles. The molecule has 0 saturated heterocycles. The first-order valence-corrected chi connectivity index (χ1v) is 8.61. The van der Waals surface area contributed by atoms with Crippen molar-refractivity contribution in [2.75, 3.05) is 16.8 Å². The van der Waals surface area contributed by atoms with Crippen LogP contribution in [0.3, 0.4) is 0 Å². The molecular formula is C21H25FN2O2. The first kappa shape index (κ1) is 19.6. The minimum Gasteiger partial charge on any atom is -0.326 e. The lowest BCUT2D eigenvalue weighted by molar-refractivity contribution is -0.117. The number of carbonyl (C=O) groups is 2. The Balaban J connectivity index is 2.12. The third-order valence-electron chi connectivity index (χ3n) is 4.05. The number of rotatable bonds is 5. The third-order valence-corrected chi connectivity index (χ3v) is 4.05. The number of halogens is 1. The highest BCUT2D eigenvalue weighted by Gasteiger charge is 2.23. The van der Waals surface area contributed by atoms with Crippen molar-refractivity contribution >= 4 is 23.2 Å². The van der Waals surface area contributed by atoms with Gasteiger partial charge in [0.25, 0.3) is 0 Å². The molecule has 0 saturated carbocycles. The van der Waals surface area contributed by atoms with E-state index in [1.54, 1.807) is 11.0 Å². The van der Waals surface area contributed by atoms with Gasteiger partial charge in [-0.15, -0.1) is 0 Å². The van der Waals surface area contributed by atoms with Crippen molar-refractivity contribution in [3.63, 3.8) is 0 Å². The van der Waals surface area contributed by atoms with Crippen LogP contribution in [0.15, 0.2) is 48.5 Å². The minimum absolute atomic E-state index is 0.120. The lowest BCUT2D eigenvalue weighted by atomic mass is 9.85. The lowest BCUT2D eigenvalue weighted by Gasteiger charge is -2.29. The van der Waals surface area contributed by atoms with E-state index >= 15 is 0 Å². The van der Waals surface area contributed by atoms with Gasteiger partial charge in [0.2, 0.25) is 11.8 Å². The number of anilines is 2. The molecule has 0 bridgehead atoms. The molecule has 2 aromatic carbocycles. The van der Waals surface area contributed by atoms with Crippen LogP contribution in [-0.4, -0.2) is 18.4 Å². The number of carbonyl (C=O) groups excluding carboxylic acids is 2. The molecule has 0 heterocycles. The van der Waals surface area contributed by atoms with E-state index in [4.69, 9.17) is 0 Å². The minimum atomic E-state index is -0.410. The van der Waals surface area contributed by atoms with Gasteiger partial charge in [0.15, 0.2) is 0 Å². The van der Waals surface area contributed by atoms with E-state index in [1.807, 2.05) is 24.3 Å². The van der Waals surface area contributed by atoms with Crippen LogP contribution in [0.1, 0.15) is 39.7 Å². The van der Waals surface area contributed by atoms with E-state index in [1.165, 1.54) is 25.1 Å². The average Bonchev–Trinajstić information content (AvgIpc) is 2.54. The maximum Gasteiger partial charge on any atom is 0.226 e. The Bertz CT molecular complexity index is 797. The fourth-order valence-corrected chi connectivity index (χ4v) is 2.79. The van der Waals surface area contributed by atoms with Gasteiger partial charge in [-0.1, -0.05) is 45.0 Å². The number of nitrogens with one attached hydrogen (secondary N) is 1. The van der Waals surface area contributed by atoms with Crippen molar-refractivity contribution in [1.29, 1.82) is 0 Å². The molecule has 0 radical (unpaired) electrons. The maximum absolute atomic E-state index is 13.2. The second kappa shape index (κ2) is 8.13. The predicted octanol–water partition coefficient (Wildman–Crippen LogP) is 4.50. The van der Waals surface area contributed by atoms with E-state index in [9.17, 15) is 14.0 Å². The summed E-state index contributed by atoms with van der Waals surface area (Å²) in [5.41, 5.74) is 2.12. The first-order chi connectivity index (χ1) is 12.2. The van der Waals surface area contributed by atoms with Gasteiger partial charge in [-0.3, -0.25) is 9.59 Å². The van der Waals surface area contributed by atoms with Crippen LogP contribution >= 0.6 is 0 Å². The molecule has 1 N–H and O–H groups in total. The molecule has 2 rings (SSSR count). The molecule has 26 heavy (non-hydrogen) atoms. The topological polar surface area (TPSA) is 49.4 Å². The summed E-state index contributed by atoms with van der Waals surface area (Å²) in [6.45, 7) is 8.00. The van der Waals surface area contributed by atoms with Crippen LogP contribution in [0.25, 0.3) is 0 Å². The van der Waals surface area contributed by atoms with Crippen molar-refractivity contribution in [2.24, 2.45) is 0 Å². The molecular weight excluding hydrogens is 331 g/mol. The van der Waals surface area contributed by atoms with Gasteiger partial charge in [-0.05, 0) is 35.2 Å².